The Morgan fingerprint density at radius 2 is 1.96 bits per heavy atom. The molecule has 1 N–H and O–H groups in total. The van der Waals surface area contributed by atoms with Crippen LogP contribution in [0.2, 0.25) is 5.02 Å². The third-order valence-electron chi connectivity index (χ3n) is 4.56. The molecular formula is C19H21ClN2O4S. The molecule has 0 unspecified atom stereocenters. The predicted molar refractivity (Wildman–Crippen MR) is 105 cm³/mol. The van der Waals surface area contributed by atoms with E-state index in [2.05, 4.69) is 5.32 Å². The lowest BCUT2D eigenvalue weighted by atomic mass is 9.98. The molecule has 0 radical (unpaired) electrons. The largest absolute Gasteiger partial charge is 0.495 e. The van der Waals surface area contributed by atoms with E-state index < -0.39 is 15.9 Å². The van der Waals surface area contributed by atoms with Gasteiger partial charge >= 0.3 is 0 Å². The summed E-state index contributed by atoms with van der Waals surface area (Å²) >= 11 is 6.09. The van der Waals surface area contributed by atoms with Crippen LogP contribution in [0.3, 0.4) is 0 Å². The van der Waals surface area contributed by atoms with Crippen LogP contribution in [0.15, 0.2) is 53.4 Å². The van der Waals surface area contributed by atoms with Crippen LogP contribution in [0.4, 0.5) is 5.69 Å². The topological polar surface area (TPSA) is 75.7 Å². The molecule has 1 heterocycles. The number of piperidine rings is 1. The molecule has 1 saturated heterocycles. The Morgan fingerprint density at radius 3 is 2.63 bits per heavy atom. The Labute approximate surface area is 164 Å². The smallest absolute Gasteiger partial charge is 0.243 e. The van der Waals surface area contributed by atoms with Gasteiger partial charge < -0.3 is 10.1 Å². The number of hydrogen-bond donors (Lipinski definition) is 1. The van der Waals surface area contributed by atoms with Gasteiger partial charge in [-0.1, -0.05) is 29.8 Å². The van der Waals surface area contributed by atoms with Crippen LogP contribution >= 0.6 is 11.6 Å². The number of hydrogen-bond acceptors (Lipinski definition) is 4. The number of halogens is 1. The second kappa shape index (κ2) is 8.29. The Kier molecular flexibility index (Phi) is 6.04. The minimum atomic E-state index is -3.60. The molecule has 8 heteroatoms. The Hall–Kier alpha value is -2.09. The van der Waals surface area contributed by atoms with Crippen LogP contribution in [0.5, 0.6) is 5.75 Å². The number of amides is 1. The van der Waals surface area contributed by atoms with E-state index in [1.165, 1.54) is 11.4 Å². The van der Waals surface area contributed by atoms with Crippen LogP contribution in [0.1, 0.15) is 12.8 Å². The molecule has 1 aliphatic rings. The van der Waals surface area contributed by atoms with Crippen molar-refractivity contribution in [3.05, 3.63) is 53.6 Å². The third kappa shape index (κ3) is 4.43. The number of nitrogens with one attached hydrogen (secondary N) is 1. The lowest BCUT2D eigenvalue weighted by Crippen LogP contribution is -2.43. The lowest BCUT2D eigenvalue weighted by molar-refractivity contribution is -0.120. The maximum atomic E-state index is 12.8. The van der Waals surface area contributed by atoms with Gasteiger partial charge in [-0.2, -0.15) is 4.31 Å². The zero-order valence-corrected chi connectivity index (χ0v) is 16.5. The molecule has 3 rings (SSSR count). The fourth-order valence-electron chi connectivity index (χ4n) is 3.10. The number of anilines is 1. The predicted octanol–water partition coefficient (Wildman–Crippen LogP) is 3.39. The number of ether oxygens (including phenoxy) is 1. The standard InChI is InChI=1S/C19H21ClN2O4S/c1-26-18-10-9-15(12-17(18)20)21-19(23)14-6-5-11-22(13-14)27(24,25)16-7-3-2-4-8-16/h2-4,7-10,12,14H,5-6,11,13H2,1H3,(H,21,23)/t14-/m1/s1. The van der Waals surface area contributed by atoms with E-state index >= 15 is 0 Å². The molecule has 1 aliphatic heterocycles. The van der Waals surface area contributed by atoms with Crippen molar-refractivity contribution in [3.8, 4) is 5.75 Å². The van der Waals surface area contributed by atoms with Crippen molar-refractivity contribution in [2.75, 3.05) is 25.5 Å². The van der Waals surface area contributed by atoms with Crippen molar-refractivity contribution in [2.45, 2.75) is 17.7 Å². The molecule has 1 amide bonds. The van der Waals surface area contributed by atoms with E-state index in [1.807, 2.05) is 0 Å². The average molecular weight is 409 g/mol. The van der Waals surface area contributed by atoms with E-state index in [0.29, 0.717) is 35.8 Å². The normalized spacial score (nSPS) is 18.1. The summed E-state index contributed by atoms with van der Waals surface area (Å²) in [6.07, 6.45) is 1.27. The van der Waals surface area contributed by atoms with Gasteiger partial charge in [0.15, 0.2) is 0 Å². The quantitative estimate of drug-likeness (QED) is 0.822. The SMILES string of the molecule is COc1ccc(NC(=O)[C@@H]2CCCN(S(=O)(=O)c3ccccc3)C2)cc1Cl. The first-order valence-corrected chi connectivity index (χ1v) is 10.4. The summed E-state index contributed by atoms with van der Waals surface area (Å²) in [5.41, 5.74) is 0.550. The average Bonchev–Trinajstić information content (AvgIpc) is 2.69. The fraction of sp³-hybridized carbons (Fsp3) is 0.316. The molecule has 144 valence electrons. The highest BCUT2D eigenvalue weighted by atomic mass is 35.5. The summed E-state index contributed by atoms with van der Waals surface area (Å²) in [6.45, 7) is 0.572. The molecule has 1 fully saturated rings. The second-order valence-electron chi connectivity index (χ2n) is 6.35. The van der Waals surface area contributed by atoms with Gasteiger partial charge in [0.2, 0.25) is 15.9 Å². The second-order valence-corrected chi connectivity index (χ2v) is 8.70. The summed E-state index contributed by atoms with van der Waals surface area (Å²) in [5, 5.41) is 3.21. The molecule has 0 aromatic heterocycles. The maximum Gasteiger partial charge on any atom is 0.243 e. The van der Waals surface area contributed by atoms with Gasteiger partial charge in [0.05, 0.1) is 22.9 Å². The number of rotatable bonds is 5. The van der Waals surface area contributed by atoms with Crippen LogP contribution in [-0.4, -0.2) is 38.8 Å². The van der Waals surface area contributed by atoms with Crippen LogP contribution in [0.25, 0.3) is 0 Å². The summed E-state index contributed by atoms with van der Waals surface area (Å²) in [6, 6.07) is 13.3. The summed E-state index contributed by atoms with van der Waals surface area (Å²) < 4.78 is 32.1. The monoisotopic (exact) mass is 408 g/mol. The van der Waals surface area contributed by atoms with Gasteiger partial charge in [0.1, 0.15) is 5.75 Å². The Balaban J connectivity index is 1.70. The van der Waals surface area contributed by atoms with E-state index in [4.69, 9.17) is 16.3 Å². The number of carbonyl (C=O) groups excluding carboxylic acids is 1. The van der Waals surface area contributed by atoms with Crippen molar-refractivity contribution in [1.29, 1.82) is 0 Å². The van der Waals surface area contributed by atoms with Gasteiger partial charge in [0, 0.05) is 18.8 Å². The van der Waals surface area contributed by atoms with Crippen LogP contribution in [-0.2, 0) is 14.8 Å². The highest BCUT2D eigenvalue weighted by Crippen LogP contribution is 2.29. The molecule has 0 bridgehead atoms. The first-order chi connectivity index (χ1) is 12.9. The van der Waals surface area contributed by atoms with Gasteiger partial charge in [-0.05, 0) is 43.2 Å². The molecule has 0 aliphatic carbocycles. The first kappa shape index (κ1) is 19.7. The van der Waals surface area contributed by atoms with Crippen molar-refractivity contribution in [1.82, 2.24) is 4.31 Å². The minimum absolute atomic E-state index is 0.160. The summed E-state index contributed by atoms with van der Waals surface area (Å²) in [5.74, 6) is -0.116. The molecule has 2 aromatic carbocycles. The van der Waals surface area contributed by atoms with E-state index in [1.54, 1.807) is 48.5 Å². The van der Waals surface area contributed by atoms with Crippen molar-refractivity contribution >= 4 is 33.2 Å². The van der Waals surface area contributed by atoms with Crippen LogP contribution < -0.4 is 10.1 Å². The number of methoxy groups -OCH3 is 1. The first-order valence-electron chi connectivity index (χ1n) is 8.61. The van der Waals surface area contributed by atoms with Gasteiger partial charge in [0.25, 0.3) is 0 Å². The molecular weight excluding hydrogens is 388 g/mol. The molecule has 0 saturated carbocycles. The van der Waals surface area contributed by atoms with E-state index in [0.717, 1.165) is 0 Å². The zero-order valence-electron chi connectivity index (χ0n) is 14.9. The van der Waals surface area contributed by atoms with Gasteiger partial charge in [-0.15, -0.1) is 0 Å². The van der Waals surface area contributed by atoms with Crippen molar-refractivity contribution in [2.24, 2.45) is 5.92 Å². The van der Waals surface area contributed by atoms with Crippen molar-refractivity contribution < 1.29 is 17.9 Å². The zero-order chi connectivity index (χ0) is 19.4. The molecule has 1 atom stereocenters. The molecule has 6 nitrogen and oxygen atoms in total. The lowest BCUT2D eigenvalue weighted by Gasteiger charge is -2.31. The Morgan fingerprint density at radius 1 is 1.22 bits per heavy atom. The summed E-state index contributed by atoms with van der Waals surface area (Å²) in [4.78, 5) is 12.9. The number of benzene rings is 2. The van der Waals surface area contributed by atoms with E-state index in [9.17, 15) is 13.2 Å². The maximum absolute atomic E-state index is 12.8. The number of sulfonamides is 1. The Bertz CT molecular complexity index is 919. The molecule has 27 heavy (non-hydrogen) atoms. The third-order valence-corrected chi connectivity index (χ3v) is 6.73. The molecule has 2 aromatic rings. The highest BCUT2D eigenvalue weighted by molar-refractivity contribution is 7.89. The number of nitrogens with zero attached hydrogens (tertiary/aromatic N) is 1. The number of carbonyl (C=O) groups is 1. The van der Waals surface area contributed by atoms with Gasteiger partial charge in [-0.25, -0.2) is 8.42 Å². The fourth-order valence-corrected chi connectivity index (χ4v) is 4.91. The van der Waals surface area contributed by atoms with Gasteiger partial charge in [-0.3, -0.25) is 4.79 Å². The minimum Gasteiger partial charge on any atom is -0.495 e. The highest BCUT2D eigenvalue weighted by Gasteiger charge is 2.33. The molecule has 0 spiro atoms. The van der Waals surface area contributed by atoms with E-state index in [-0.39, 0.29) is 17.3 Å². The van der Waals surface area contributed by atoms with Crippen molar-refractivity contribution in [3.63, 3.8) is 0 Å². The van der Waals surface area contributed by atoms with Crippen LogP contribution in [0, 0.1) is 5.92 Å². The summed E-state index contributed by atoms with van der Waals surface area (Å²) in [7, 11) is -2.08.